The number of hydrogen-bond donors (Lipinski definition) is 2. The molecule has 0 aliphatic carbocycles. The number of nitrogens with one attached hydrogen (secondary N) is 1. The Labute approximate surface area is 109 Å². The van der Waals surface area contributed by atoms with Gasteiger partial charge in [-0.3, -0.25) is 4.79 Å². The summed E-state index contributed by atoms with van der Waals surface area (Å²) in [7, 11) is 0. The molecule has 0 saturated heterocycles. The molecular formula is C15H23NO2. The van der Waals surface area contributed by atoms with Crippen molar-refractivity contribution in [2.45, 2.75) is 39.7 Å². The number of carbonyl (C=O) groups is 1. The van der Waals surface area contributed by atoms with Gasteiger partial charge in [0.2, 0.25) is 5.91 Å². The number of aryl methyl sites for hydroxylation is 2. The highest BCUT2D eigenvalue weighted by molar-refractivity contribution is 5.76. The molecule has 1 aromatic rings. The largest absolute Gasteiger partial charge is 0.396 e. The fourth-order valence-corrected chi connectivity index (χ4v) is 1.75. The molecule has 2 N–H and O–H groups in total. The minimum absolute atomic E-state index is 0.0139. The van der Waals surface area contributed by atoms with Gasteiger partial charge in [0, 0.05) is 19.1 Å². The van der Waals surface area contributed by atoms with Crippen molar-refractivity contribution >= 4 is 5.91 Å². The molecule has 18 heavy (non-hydrogen) atoms. The highest BCUT2D eigenvalue weighted by Crippen LogP contribution is 2.07. The van der Waals surface area contributed by atoms with Crippen LogP contribution in [-0.4, -0.2) is 23.7 Å². The molecule has 0 fully saturated rings. The van der Waals surface area contributed by atoms with Gasteiger partial charge in [0.1, 0.15) is 0 Å². The Morgan fingerprint density at radius 1 is 1.39 bits per heavy atom. The molecule has 3 heteroatoms. The predicted octanol–water partition coefficient (Wildman–Crippen LogP) is 2.06. The van der Waals surface area contributed by atoms with Gasteiger partial charge in [-0.25, -0.2) is 0 Å². The summed E-state index contributed by atoms with van der Waals surface area (Å²) in [6.45, 7) is 5.99. The summed E-state index contributed by atoms with van der Waals surface area (Å²) in [6.07, 6.45) is 1.25. The zero-order valence-electron chi connectivity index (χ0n) is 11.4. The maximum atomic E-state index is 11.7. The molecule has 0 aliphatic heterocycles. The number of benzene rings is 1. The number of aliphatic hydroxyl groups excluding tert-OH is 1. The number of amides is 1. The van der Waals surface area contributed by atoms with Gasteiger partial charge in [-0.15, -0.1) is 0 Å². The summed E-state index contributed by atoms with van der Waals surface area (Å²) in [6, 6.07) is 8.22. The first-order chi connectivity index (χ1) is 8.52. The van der Waals surface area contributed by atoms with E-state index < -0.39 is 0 Å². The van der Waals surface area contributed by atoms with Crippen LogP contribution >= 0.6 is 0 Å². The highest BCUT2D eigenvalue weighted by Gasteiger charge is 2.13. The lowest BCUT2D eigenvalue weighted by Gasteiger charge is -2.19. The Bertz CT molecular complexity index is 390. The smallest absolute Gasteiger partial charge is 0.220 e. The minimum atomic E-state index is 0.0139. The maximum Gasteiger partial charge on any atom is 0.220 e. The summed E-state index contributed by atoms with van der Waals surface area (Å²) in [5.74, 6) is 0.136. The molecular weight excluding hydrogens is 226 g/mol. The van der Waals surface area contributed by atoms with Crippen LogP contribution < -0.4 is 5.32 Å². The van der Waals surface area contributed by atoms with Gasteiger partial charge >= 0.3 is 0 Å². The number of hydrogen-bond acceptors (Lipinski definition) is 2. The maximum absolute atomic E-state index is 11.7. The lowest BCUT2D eigenvalue weighted by Crippen LogP contribution is -2.38. The lowest BCUT2D eigenvalue weighted by molar-refractivity contribution is -0.122. The third-order valence-electron chi connectivity index (χ3n) is 3.25. The summed E-state index contributed by atoms with van der Waals surface area (Å²) >= 11 is 0. The van der Waals surface area contributed by atoms with Crippen LogP contribution in [0.3, 0.4) is 0 Å². The van der Waals surface area contributed by atoms with Crippen LogP contribution in [0.5, 0.6) is 0 Å². The molecule has 1 amide bonds. The summed E-state index contributed by atoms with van der Waals surface area (Å²) in [4.78, 5) is 11.7. The van der Waals surface area contributed by atoms with E-state index in [1.54, 1.807) is 0 Å². The van der Waals surface area contributed by atoms with Crippen LogP contribution in [0.2, 0.25) is 0 Å². The third-order valence-corrected chi connectivity index (χ3v) is 3.25. The summed E-state index contributed by atoms with van der Waals surface area (Å²) in [5.41, 5.74) is 2.41. The molecule has 3 nitrogen and oxygen atoms in total. The van der Waals surface area contributed by atoms with E-state index in [9.17, 15) is 4.79 Å². The Kier molecular flexibility index (Phi) is 5.86. The van der Waals surface area contributed by atoms with Gasteiger partial charge in [0.25, 0.3) is 0 Å². The molecule has 0 bridgehead atoms. The molecule has 0 radical (unpaired) electrons. The average molecular weight is 249 g/mol. The first-order valence-electron chi connectivity index (χ1n) is 6.48. The van der Waals surface area contributed by atoms with E-state index in [0.717, 1.165) is 6.42 Å². The normalized spacial score (nSPS) is 14.0. The molecule has 0 heterocycles. The Hall–Kier alpha value is -1.35. The molecule has 0 aromatic heterocycles. The summed E-state index contributed by atoms with van der Waals surface area (Å²) in [5, 5.41) is 11.9. The standard InChI is InChI=1S/C15H23NO2/c1-11-5-4-6-14(9-11)7-8-15(18)16-13(3)12(2)10-17/h4-6,9,12-13,17H,7-8,10H2,1-3H3,(H,16,18). The van der Waals surface area contributed by atoms with E-state index >= 15 is 0 Å². The van der Waals surface area contributed by atoms with Crippen molar-refractivity contribution in [3.05, 3.63) is 35.4 Å². The zero-order chi connectivity index (χ0) is 13.5. The Morgan fingerprint density at radius 2 is 2.11 bits per heavy atom. The van der Waals surface area contributed by atoms with Crippen molar-refractivity contribution in [3.8, 4) is 0 Å². The van der Waals surface area contributed by atoms with Gasteiger partial charge in [-0.05, 0) is 31.7 Å². The monoisotopic (exact) mass is 249 g/mol. The molecule has 0 saturated carbocycles. The lowest BCUT2D eigenvalue weighted by atomic mass is 10.0. The minimum Gasteiger partial charge on any atom is -0.396 e. The molecule has 1 aromatic carbocycles. The highest BCUT2D eigenvalue weighted by atomic mass is 16.3. The number of aliphatic hydroxyl groups is 1. The Morgan fingerprint density at radius 3 is 2.72 bits per heavy atom. The molecule has 2 unspecified atom stereocenters. The molecule has 0 spiro atoms. The van der Waals surface area contributed by atoms with Crippen molar-refractivity contribution in [2.24, 2.45) is 5.92 Å². The van der Waals surface area contributed by atoms with E-state index in [1.165, 1.54) is 11.1 Å². The molecule has 1 rings (SSSR count). The Balaban J connectivity index is 2.37. The van der Waals surface area contributed by atoms with E-state index in [0.29, 0.717) is 6.42 Å². The van der Waals surface area contributed by atoms with Gasteiger partial charge in [-0.1, -0.05) is 36.8 Å². The number of rotatable bonds is 6. The summed E-state index contributed by atoms with van der Waals surface area (Å²) < 4.78 is 0. The first-order valence-corrected chi connectivity index (χ1v) is 6.48. The SMILES string of the molecule is Cc1cccc(CCC(=O)NC(C)C(C)CO)c1. The second-order valence-electron chi connectivity index (χ2n) is 5.01. The van der Waals surface area contributed by atoms with E-state index in [4.69, 9.17) is 5.11 Å². The van der Waals surface area contributed by atoms with Crippen molar-refractivity contribution in [3.63, 3.8) is 0 Å². The zero-order valence-corrected chi connectivity index (χ0v) is 11.4. The topological polar surface area (TPSA) is 49.3 Å². The van der Waals surface area contributed by atoms with E-state index in [1.807, 2.05) is 26.0 Å². The van der Waals surface area contributed by atoms with Gasteiger partial charge < -0.3 is 10.4 Å². The molecule has 0 aliphatic rings. The van der Waals surface area contributed by atoms with Crippen LogP contribution in [0.4, 0.5) is 0 Å². The second-order valence-corrected chi connectivity index (χ2v) is 5.01. The molecule has 2 atom stereocenters. The van der Waals surface area contributed by atoms with Crippen LogP contribution in [0.1, 0.15) is 31.4 Å². The second kappa shape index (κ2) is 7.17. The molecule has 100 valence electrons. The van der Waals surface area contributed by atoms with Gasteiger partial charge in [-0.2, -0.15) is 0 Å². The average Bonchev–Trinajstić information content (AvgIpc) is 2.35. The van der Waals surface area contributed by atoms with Crippen molar-refractivity contribution in [1.29, 1.82) is 0 Å². The van der Waals surface area contributed by atoms with Crippen molar-refractivity contribution < 1.29 is 9.90 Å². The van der Waals surface area contributed by atoms with Crippen LogP contribution in [0, 0.1) is 12.8 Å². The van der Waals surface area contributed by atoms with Crippen LogP contribution in [0.25, 0.3) is 0 Å². The van der Waals surface area contributed by atoms with E-state index in [-0.39, 0.29) is 24.5 Å². The predicted molar refractivity (Wildman–Crippen MR) is 73.4 cm³/mol. The fourth-order valence-electron chi connectivity index (χ4n) is 1.75. The van der Waals surface area contributed by atoms with Crippen LogP contribution in [0.15, 0.2) is 24.3 Å². The van der Waals surface area contributed by atoms with Gasteiger partial charge in [0.05, 0.1) is 0 Å². The van der Waals surface area contributed by atoms with Gasteiger partial charge in [0.15, 0.2) is 0 Å². The van der Waals surface area contributed by atoms with E-state index in [2.05, 4.69) is 24.4 Å². The number of carbonyl (C=O) groups excluding carboxylic acids is 1. The fraction of sp³-hybridized carbons (Fsp3) is 0.533. The first kappa shape index (κ1) is 14.7. The third kappa shape index (κ3) is 4.88. The van der Waals surface area contributed by atoms with Crippen molar-refractivity contribution in [1.82, 2.24) is 5.32 Å². The van der Waals surface area contributed by atoms with Crippen molar-refractivity contribution in [2.75, 3.05) is 6.61 Å². The quantitative estimate of drug-likeness (QED) is 0.810. The van der Waals surface area contributed by atoms with Crippen LogP contribution in [-0.2, 0) is 11.2 Å².